The van der Waals surface area contributed by atoms with Gasteiger partial charge in [0.1, 0.15) is 5.82 Å². The SMILES string of the molecule is COc1cccc(NC(=O)CC(=O)c2ccc(Br)cc2)n1. The Kier molecular flexibility index (Phi) is 5.05. The smallest absolute Gasteiger partial charge is 0.233 e. The molecule has 108 valence electrons. The second-order valence-corrected chi connectivity index (χ2v) is 5.14. The summed E-state index contributed by atoms with van der Waals surface area (Å²) in [6.45, 7) is 0. The van der Waals surface area contributed by atoms with Gasteiger partial charge < -0.3 is 10.1 Å². The fraction of sp³-hybridized carbons (Fsp3) is 0.133. The average Bonchev–Trinajstić information content (AvgIpc) is 2.47. The van der Waals surface area contributed by atoms with Gasteiger partial charge in [-0.15, -0.1) is 0 Å². The monoisotopic (exact) mass is 348 g/mol. The number of nitrogens with zero attached hydrogens (tertiary/aromatic N) is 1. The number of carbonyl (C=O) groups is 2. The fourth-order valence-corrected chi connectivity index (χ4v) is 1.93. The summed E-state index contributed by atoms with van der Waals surface area (Å²) in [5.41, 5.74) is 0.493. The van der Waals surface area contributed by atoms with E-state index in [1.54, 1.807) is 42.5 Å². The number of halogens is 1. The number of anilines is 1. The topological polar surface area (TPSA) is 68.3 Å². The number of ketones is 1. The van der Waals surface area contributed by atoms with E-state index in [0.29, 0.717) is 17.3 Å². The Bertz CT molecular complexity index is 656. The first-order chi connectivity index (χ1) is 10.1. The molecule has 0 fully saturated rings. The van der Waals surface area contributed by atoms with E-state index in [1.165, 1.54) is 7.11 Å². The number of rotatable bonds is 5. The molecule has 0 bridgehead atoms. The second kappa shape index (κ2) is 6.99. The number of hydrogen-bond donors (Lipinski definition) is 1. The summed E-state index contributed by atoms with van der Waals surface area (Å²) in [5, 5.41) is 2.57. The zero-order valence-corrected chi connectivity index (χ0v) is 12.9. The molecular weight excluding hydrogens is 336 g/mol. The summed E-state index contributed by atoms with van der Waals surface area (Å²) < 4.78 is 5.84. The summed E-state index contributed by atoms with van der Waals surface area (Å²) in [6.07, 6.45) is -0.236. The maximum absolute atomic E-state index is 12.0. The summed E-state index contributed by atoms with van der Waals surface area (Å²) in [4.78, 5) is 27.9. The number of hydrogen-bond acceptors (Lipinski definition) is 4. The number of Topliss-reactive ketones (excluding diaryl/α,β-unsaturated/α-hetero) is 1. The molecule has 0 saturated heterocycles. The van der Waals surface area contributed by atoms with Crippen molar-refractivity contribution in [3.63, 3.8) is 0 Å². The molecule has 1 heterocycles. The molecule has 0 aliphatic carbocycles. The molecule has 0 atom stereocenters. The third kappa shape index (κ3) is 4.39. The second-order valence-electron chi connectivity index (χ2n) is 4.22. The van der Waals surface area contributed by atoms with Crippen LogP contribution in [0, 0.1) is 0 Å². The molecule has 1 amide bonds. The molecule has 0 aliphatic rings. The van der Waals surface area contributed by atoms with E-state index in [9.17, 15) is 9.59 Å². The van der Waals surface area contributed by atoms with Crippen molar-refractivity contribution in [1.82, 2.24) is 4.98 Å². The van der Waals surface area contributed by atoms with Gasteiger partial charge in [0, 0.05) is 16.1 Å². The normalized spacial score (nSPS) is 10.0. The molecule has 21 heavy (non-hydrogen) atoms. The van der Waals surface area contributed by atoms with Gasteiger partial charge in [0.25, 0.3) is 0 Å². The van der Waals surface area contributed by atoms with Gasteiger partial charge in [0.15, 0.2) is 5.78 Å². The first-order valence-corrected chi connectivity index (χ1v) is 6.97. The fourth-order valence-electron chi connectivity index (χ4n) is 1.67. The summed E-state index contributed by atoms with van der Waals surface area (Å²) >= 11 is 3.29. The van der Waals surface area contributed by atoms with Crippen molar-refractivity contribution in [3.8, 4) is 5.88 Å². The van der Waals surface area contributed by atoms with Gasteiger partial charge in [-0.2, -0.15) is 4.98 Å². The molecule has 0 spiro atoms. The van der Waals surface area contributed by atoms with Crippen LogP contribution < -0.4 is 10.1 Å². The van der Waals surface area contributed by atoms with Crippen LogP contribution in [0.3, 0.4) is 0 Å². The minimum Gasteiger partial charge on any atom is -0.481 e. The highest BCUT2D eigenvalue weighted by Crippen LogP contribution is 2.13. The highest BCUT2D eigenvalue weighted by Gasteiger charge is 2.12. The molecule has 5 nitrogen and oxygen atoms in total. The number of benzene rings is 1. The Labute approximate surface area is 130 Å². The highest BCUT2D eigenvalue weighted by atomic mass is 79.9. The number of methoxy groups -OCH3 is 1. The van der Waals surface area contributed by atoms with E-state index in [1.807, 2.05) is 0 Å². The lowest BCUT2D eigenvalue weighted by molar-refractivity contribution is -0.115. The van der Waals surface area contributed by atoms with Gasteiger partial charge in [0.2, 0.25) is 11.8 Å². The third-order valence-electron chi connectivity index (χ3n) is 2.69. The van der Waals surface area contributed by atoms with E-state index >= 15 is 0 Å². The van der Waals surface area contributed by atoms with Crippen molar-refractivity contribution >= 4 is 33.4 Å². The molecular formula is C15H13BrN2O3. The van der Waals surface area contributed by atoms with Crippen LogP contribution in [-0.2, 0) is 4.79 Å². The molecule has 6 heteroatoms. The quantitative estimate of drug-likeness (QED) is 0.665. The Morgan fingerprint density at radius 3 is 2.57 bits per heavy atom. The van der Waals surface area contributed by atoms with Gasteiger partial charge >= 0.3 is 0 Å². The predicted molar refractivity (Wildman–Crippen MR) is 82.5 cm³/mol. The van der Waals surface area contributed by atoms with Crippen LogP contribution in [0.15, 0.2) is 46.9 Å². The molecule has 2 aromatic rings. The van der Waals surface area contributed by atoms with Crippen LogP contribution in [0.1, 0.15) is 16.8 Å². The third-order valence-corrected chi connectivity index (χ3v) is 3.22. The summed E-state index contributed by atoms with van der Waals surface area (Å²) in [6, 6.07) is 11.9. The largest absolute Gasteiger partial charge is 0.481 e. The Balaban J connectivity index is 1.97. The molecule has 1 aromatic heterocycles. The van der Waals surface area contributed by atoms with Gasteiger partial charge in [-0.1, -0.05) is 34.1 Å². The average molecular weight is 349 g/mol. The van der Waals surface area contributed by atoms with E-state index < -0.39 is 5.91 Å². The maximum Gasteiger partial charge on any atom is 0.233 e. The molecule has 0 radical (unpaired) electrons. The van der Waals surface area contributed by atoms with Crippen molar-refractivity contribution in [2.45, 2.75) is 6.42 Å². The minimum atomic E-state index is -0.413. The summed E-state index contributed by atoms with van der Waals surface area (Å²) in [7, 11) is 1.49. The molecule has 0 unspecified atom stereocenters. The van der Waals surface area contributed by atoms with E-state index in [2.05, 4.69) is 26.2 Å². The Morgan fingerprint density at radius 1 is 1.19 bits per heavy atom. The van der Waals surface area contributed by atoms with Crippen molar-refractivity contribution in [3.05, 3.63) is 52.5 Å². The highest BCUT2D eigenvalue weighted by molar-refractivity contribution is 9.10. The van der Waals surface area contributed by atoms with Crippen molar-refractivity contribution < 1.29 is 14.3 Å². The van der Waals surface area contributed by atoms with Gasteiger partial charge in [-0.25, -0.2) is 0 Å². The number of ether oxygens (including phenoxy) is 1. The molecule has 2 rings (SSSR count). The first kappa shape index (κ1) is 15.2. The van der Waals surface area contributed by atoms with E-state index in [-0.39, 0.29) is 12.2 Å². The van der Waals surface area contributed by atoms with Crippen LogP contribution in [0.2, 0.25) is 0 Å². The van der Waals surface area contributed by atoms with E-state index in [4.69, 9.17) is 4.74 Å². The molecule has 0 aliphatic heterocycles. The Morgan fingerprint density at radius 2 is 1.90 bits per heavy atom. The number of aromatic nitrogens is 1. The lowest BCUT2D eigenvalue weighted by atomic mass is 10.1. The van der Waals surface area contributed by atoms with Gasteiger partial charge in [-0.3, -0.25) is 9.59 Å². The predicted octanol–water partition coefficient (Wildman–Crippen LogP) is 3.06. The van der Waals surface area contributed by atoms with Crippen molar-refractivity contribution in [2.75, 3.05) is 12.4 Å². The molecule has 1 N–H and O–H groups in total. The van der Waals surface area contributed by atoms with Crippen molar-refractivity contribution in [1.29, 1.82) is 0 Å². The number of nitrogens with one attached hydrogen (secondary N) is 1. The maximum atomic E-state index is 12.0. The Hall–Kier alpha value is -2.21. The minimum absolute atomic E-state index is 0.236. The molecule has 1 aromatic carbocycles. The zero-order valence-electron chi connectivity index (χ0n) is 11.3. The zero-order chi connectivity index (χ0) is 15.2. The summed E-state index contributed by atoms with van der Waals surface area (Å²) in [5.74, 6) is 0.0848. The van der Waals surface area contributed by atoms with Crippen LogP contribution in [-0.4, -0.2) is 23.8 Å². The van der Waals surface area contributed by atoms with Crippen molar-refractivity contribution in [2.24, 2.45) is 0 Å². The van der Waals surface area contributed by atoms with Crippen LogP contribution in [0.5, 0.6) is 5.88 Å². The van der Waals surface area contributed by atoms with Gasteiger partial charge in [0.05, 0.1) is 13.5 Å². The number of amides is 1. The lowest BCUT2D eigenvalue weighted by Gasteiger charge is -2.05. The number of carbonyl (C=O) groups excluding carboxylic acids is 2. The lowest BCUT2D eigenvalue weighted by Crippen LogP contribution is -2.17. The van der Waals surface area contributed by atoms with Gasteiger partial charge in [-0.05, 0) is 18.2 Å². The molecule has 0 saturated carbocycles. The first-order valence-electron chi connectivity index (χ1n) is 6.18. The number of pyridine rings is 1. The van der Waals surface area contributed by atoms with Crippen LogP contribution in [0.25, 0.3) is 0 Å². The van der Waals surface area contributed by atoms with E-state index in [0.717, 1.165) is 4.47 Å². The van der Waals surface area contributed by atoms with Crippen LogP contribution >= 0.6 is 15.9 Å². The standard InChI is InChI=1S/C15H13BrN2O3/c1-21-15-4-2-3-13(18-15)17-14(20)9-12(19)10-5-7-11(16)8-6-10/h2-8H,9H2,1H3,(H,17,18,20). The van der Waals surface area contributed by atoms with Crippen LogP contribution in [0.4, 0.5) is 5.82 Å².